The minimum absolute atomic E-state index is 0.437. The van der Waals surface area contributed by atoms with Crippen molar-refractivity contribution in [3.05, 3.63) is 64.1 Å². The molecule has 102 valence electrons. The lowest BCUT2D eigenvalue weighted by molar-refractivity contribution is 0.555. The van der Waals surface area contributed by atoms with Crippen molar-refractivity contribution in [2.45, 2.75) is 13.1 Å². The van der Waals surface area contributed by atoms with E-state index in [2.05, 4.69) is 16.4 Å². The normalized spacial score (nSPS) is 10.8. The smallest absolute Gasteiger partial charge is 0.408 e. The van der Waals surface area contributed by atoms with Crippen LogP contribution in [0, 0.1) is 0 Å². The number of aromatic nitrogens is 1. The Bertz CT molecular complexity index is 789. The van der Waals surface area contributed by atoms with Crippen LogP contribution in [0.3, 0.4) is 0 Å². The van der Waals surface area contributed by atoms with Crippen LogP contribution in [-0.2, 0) is 13.1 Å². The maximum Gasteiger partial charge on any atom is 0.417 e. The van der Waals surface area contributed by atoms with Gasteiger partial charge in [-0.05, 0) is 29.3 Å². The van der Waals surface area contributed by atoms with Crippen molar-refractivity contribution in [1.29, 1.82) is 0 Å². The summed E-state index contributed by atoms with van der Waals surface area (Å²) >= 11 is 0. The van der Waals surface area contributed by atoms with E-state index in [0.29, 0.717) is 24.2 Å². The first-order valence-corrected chi connectivity index (χ1v) is 6.39. The average molecular weight is 269 g/mol. The maximum atomic E-state index is 11.1. The van der Waals surface area contributed by atoms with Crippen LogP contribution in [-0.4, -0.2) is 4.98 Å². The number of hydrogen-bond acceptors (Lipinski definition) is 4. The number of fused-ring (bicyclic) bond motifs is 1. The van der Waals surface area contributed by atoms with Gasteiger partial charge in [-0.1, -0.05) is 24.3 Å². The number of anilines is 1. The van der Waals surface area contributed by atoms with Crippen molar-refractivity contribution in [2.75, 3.05) is 5.32 Å². The van der Waals surface area contributed by atoms with Crippen LogP contribution in [0.1, 0.15) is 11.1 Å². The number of hydrogen-bond donors (Lipinski definition) is 3. The Kier molecular flexibility index (Phi) is 3.26. The van der Waals surface area contributed by atoms with Crippen LogP contribution in [0.2, 0.25) is 0 Å². The summed E-state index contributed by atoms with van der Waals surface area (Å²) in [6.45, 7) is 1.23. The van der Waals surface area contributed by atoms with E-state index < -0.39 is 5.76 Å². The second-order valence-corrected chi connectivity index (χ2v) is 4.60. The van der Waals surface area contributed by atoms with Gasteiger partial charge in [0, 0.05) is 18.8 Å². The summed E-state index contributed by atoms with van der Waals surface area (Å²) in [5, 5.41) is 3.31. The third-order valence-corrected chi connectivity index (χ3v) is 3.14. The van der Waals surface area contributed by atoms with Gasteiger partial charge >= 0.3 is 5.76 Å². The first kappa shape index (κ1) is 12.5. The summed E-state index contributed by atoms with van der Waals surface area (Å²) in [6, 6.07) is 13.6. The van der Waals surface area contributed by atoms with E-state index >= 15 is 0 Å². The molecule has 0 spiro atoms. The number of H-pyrrole nitrogens is 1. The van der Waals surface area contributed by atoms with Crippen molar-refractivity contribution < 1.29 is 4.42 Å². The van der Waals surface area contributed by atoms with E-state index in [4.69, 9.17) is 10.2 Å². The molecule has 0 atom stereocenters. The molecule has 0 aliphatic rings. The lowest BCUT2D eigenvalue weighted by atomic mass is 10.1. The molecule has 0 unspecified atom stereocenters. The molecule has 0 aliphatic heterocycles. The van der Waals surface area contributed by atoms with Crippen LogP contribution < -0.4 is 16.8 Å². The molecule has 0 aliphatic carbocycles. The monoisotopic (exact) mass is 269 g/mol. The Morgan fingerprint density at radius 1 is 1.15 bits per heavy atom. The van der Waals surface area contributed by atoms with Gasteiger partial charge in [0.05, 0.1) is 5.52 Å². The molecule has 0 saturated carbocycles. The molecule has 0 radical (unpaired) electrons. The van der Waals surface area contributed by atoms with Gasteiger partial charge in [0.1, 0.15) is 0 Å². The van der Waals surface area contributed by atoms with Gasteiger partial charge < -0.3 is 15.5 Å². The van der Waals surface area contributed by atoms with E-state index in [-0.39, 0.29) is 0 Å². The minimum atomic E-state index is -0.437. The topological polar surface area (TPSA) is 84.0 Å². The molecule has 0 saturated heterocycles. The van der Waals surface area contributed by atoms with E-state index in [1.54, 1.807) is 6.07 Å². The molecule has 0 bridgehead atoms. The van der Waals surface area contributed by atoms with Crippen LogP contribution in [0.4, 0.5) is 5.69 Å². The highest BCUT2D eigenvalue weighted by Crippen LogP contribution is 2.17. The van der Waals surface area contributed by atoms with E-state index in [0.717, 1.165) is 16.8 Å². The minimum Gasteiger partial charge on any atom is -0.408 e. The molecule has 2 aromatic carbocycles. The molecular formula is C15H15N3O2. The molecule has 4 N–H and O–H groups in total. The zero-order valence-corrected chi connectivity index (χ0v) is 10.8. The van der Waals surface area contributed by atoms with Crippen molar-refractivity contribution in [3.63, 3.8) is 0 Å². The van der Waals surface area contributed by atoms with Crippen LogP contribution >= 0.6 is 0 Å². The summed E-state index contributed by atoms with van der Waals surface area (Å²) in [5.41, 5.74) is 10.1. The summed E-state index contributed by atoms with van der Waals surface area (Å²) in [7, 11) is 0. The van der Waals surface area contributed by atoms with Crippen LogP contribution in [0.25, 0.3) is 11.1 Å². The standard InChI is InChI=1S/C15H15N3O2/c16-8-10-2-1-3-11(6-10)9-17-12-4-5-14-13(7-12)18-15(19)20-14/h1-7,17H,8-9,16H2,(H,18,19). The van der Waals surface area contributed by atoms with E-state index in [9.17, 15) is 4.79 Å². The zero-order chi connectivity index (χ0) is 13.9. The third-order valence-electron chi connectivity index (χ3n) is 3.14. The fourth-order valence-corrected chi connectivity index (χ4v) is 2.13. The molecule has 3 rings (SSSR count). The van der Waals surface area contributed by atoms with Crippen molar-refractivity contribution in [2.24, 2.45) is 5.73 Å². The third kappa shape index (κ3) is 2.57. The molecule has 20 heavy (non-hydrogen) atoms. The predicted octanol–water partition coefficient (Wildman–Crippen LogP) is 2.19. The second-order valence-electron chi connectivity index (χ2n) is 4.60. The van der Waals surface area contributed by atoms with Gasteiger partial charge in [0.15, 0.2) is 5.58 Å². The average Bonchev–Trinajstić information content (AvgIpc) is 2.84. The molecule has 1 heterocycles. The number of rotatable bonds is 4. The highest BCUT2D eigenvalue weighted by Gasteiger charge is 2.02. The Morgan fingerprint density at radius 3 is 2.85 bits per heavy atom. The largest absolute Gasteiger partial charge is 0.417 e. The second kappa shape index (κ2) is 5.22. The van der Waals surface area contributed by atoms with E-state index in [1.807, 2.05) is 30.3 Å². The van der Waals surface area contributed by atoms with Gasteiger partial charge in [-0.3, -0.25) is 4.98 Å². The maximum absolute atomic E-state index is 11.1. The highest BCUT2D eigenvalue weighted by atomic mass is 16.4. The lowest BCUT2D eigenvalue weighted by Crippen LogP contribution is -2.02. The van der Waals surface area contributed by atoms with E-state index in [1.165, 1.54) is 0 Å². The van der Waals surface area contributed by atoms with Crippen molar-refractivity contribution in [3.8, 4) is 0 Å². The SMILES string of the molecule is NCc1cccc(CNc2ccc3oc(=O)[nH]c3c2)c1. The molecule has 0 amide bonds. The first-order valence-electron chi connectivity index (χ1n) is 6.39. The molecule has 5 nitrogen and oxygen atoms in total. The Balaban J connectivity index is 1.77. The molecule has 1 aromatic heterocycles. The fraction of sp³-hybridized carbons (Fsp3) is 0.133. The number of nitrogens with two attached hydrogens (primary N) is 1. The molecule has 5 heteroatoms. The molecule has 3 aromatic rings. The van der Waals surface area contributed by atoms with Crippen LogP contribution in [0.5, 0.6) is 0 Å². The Morgan fingerprint density at radius 2 is 2.00 bits per heavy atom. The Labute approximate surface area is 115 Å². The number of aromatic amines is 1. The van der Waals surface area contributed by atoms with Gasteiger partial charge in [0.2, 0.25) is 0 Å². The van der Waals surface area contributed by atoms with Gasteiger partial charge in [-0.15, -0.1) is 0 Å². The quantitative estimate of drug-likeness (QED) is 0.678. The number of oxazole rings is 1. The van der Waals surface area contributed by atoms with Crippen molar-refractivity contribution >= 4 is 16.8 Å². The predicted molar refractivity (Wildman–Crippen MR) is 78.5 cm³/mol. The summed E-state index contributed by atoms with van der Waals surface area (Å²) in [4.78, 5) is 13.7. The zero-order valence-electron chi connectivity index (χ0n) is 10.8. The van der Waals surface area contributed by atoms with Crippen molar-refractivity contribution in [1.82, 2.24) is 4.98 Å². The highest BCUT2D eigenvalue weighted by molar-refractivity contribution is 5.76. The summed E-state index contributed by atoms with van der Waals surface area (Å²) in [6.07, 6.45) is 0. The lowest BCUT2D eigenvalue weighted by Gasteiger charge is -2.07. The van der Waals surface area contributed by atoms with Crippen LogP contribution in [0.15, 0.2) is 51.7 Å². The van der Waals surface area contributed by atoms with Gasteiger partial charge in [0.25, 0.3) is 0 Å². The number of benzene rings is 2. The molecule has 0 fully saturated rings. The van der Waals surface area contributed by atoms with Gasteiger partial charge in [-0.2, -0.15) is 0 Å². The fourth-order valence-electron chi connectivity index (χ4n) is 2.13. The van der Waals surface area contributed by atoms with Gasteiger partial charge in [-0.25, -0.2) is 4.79 Å². The first-order chi connectivity index (χ1) is 9.74. The summed E-state index contributed by atoms with van der Waals surface area (Å²) < 4.78 is 4.96. The Hall–Kier alpha value is -2.53. The molecular weight excluding hydrogens is 254 g/mol. The summed E-state index contributed by atoms with van der Waals surface area (Å²) in [5.74, 6) is -0.437. The number of nitrogens with one attached hydrogen (secondary N) is 2.